The van der Waals surface area contributed by atoms with Crippen molar-refractivity contribution in [2.75, 3.05) is 39.5 Å². The summed E-state index contributed by atoms with van der Waals surface area (Å²) in [5, 5.41) is 4.59. The first-order valence-corrected chi connectivity index (χ1v) is 11.7. The van der Waals surface area contributed by atoms with E-state index in [9.17, 15) is 0 Å². The fourth-order valence-corrected chi connectivity index (χ4v) is 3.83. The second-order valence-corrected chi connectivity index (χ2v) is 8.82. The normalized spacial score (nSPS) is 11.3. The maximum atomic E-state index is 5.90. The Bertz CT molecular complexity index is 1180. The van der Waals surface area contributed by atoms with E-state index < -0.39 is 0 Å². The van der Waals surface area contributed by atoms with Crippen LogP contribution in [0.25, 0.3) is 10.9 Å². The van der Waals surface area contributed by atoms with Crippen molar-refractivity contribution in [1.29, 1.82) is 0 Å². The van der Waals surface area contributed by atoms with Gasteiger partial charge in [-0.2, -0.15) is 0 Å². The monoisotopic (exact) mass is 455 g/mol. The number of aromatic nitrogens is 2. The largest absolute Gasteiger partial charge is 0.457 e. The van der Waals surface area contributed by atoms with Gasteiger partial charge in [0.25, 0.3) is 0 Å². The molecule has 0 radical (unpaired) electrons. The Kier molecular flexibility index (Phi) is 8.07. The molecule has 0 amide bonds. The highest BCUT2D eigenvalue weighted by molar-refractivity contribution is 5.88. The lowest BCUT2D eigenvalue weighted by Crippen LogP contribution is -2.20. The van der Waals surface area contributed by atoms with E-state index in [1.807, 2.05) is 54.6 Å². The molecule has 0 saturated heterocycles. The van der Waals surface area contributed by atoms with E-state index in [1.54, 1.807) is 0 Å². The Morgan fingerprint density at radius 2 is 1.47 bits per heavy atom. The van der Waals surface area contributed by atoms with Crippen molar-refractivity contribution in [2.24, 2.45) is 0 Å². The molecule has 6 nitrogen and oxygen atoms in total. The van der Waals surface area contributed by atoms with Crippen LogP contribution < -0.4 is 10.1 Å². The molecule has 0 saturated carbocycles. The van der Waals surface area contributed by atoms with E-state index >= 15 is 0 Å². The number of fused-ring (bicyclic) bond motifs is 1. The Morgan fingerprint density at radius 3 is 2.24 bits per heavy atom. The van der Waals surface area contributed by atoms with E-state index in [2.05, 4.69) is 60.5 Å². The topological polar surface area (TPSA) is 53.5 Å². The minimum absolute atomic E-state index is 0.666. The number of para-hydroxylation sites is 2. The number of nitrogens with one attached hydrogen (secondary N) is 1. The molecule has 0 fully saturated rings. The van der Waals surface area contributed by atoms with Gasteiger partial charge in [-0.25, -0.2) is 9.97 Å². The number of hydrogen-bond acceptors (Lipinski definition) is 6. The second kappa shape index (κ2) is 11.6. The fourth-order valence-electron chi connectivity index (χ4n) is 3.83. The lowest BCUT2D eigenvalue weighted by molar-refractivity contribution is 0.311. The highest BCUT2D eigenvalue weighted by Crippen LogP contribution is 2.23. The molecular formula is C28H33N5O. The molecule has 0 atom stereocenters. The number of rotatable bonds is 11. The Labute approximate surface area is 202 Å². The minimum atomic E-state index is 0.666. The Balaban J connectivity index is 1.39. The minimum Gasteiger partial charge on any atom is -0.457 e. The van der Waals surface area contributed by atoms with Gasteiger partial charge in [0.15, 0.2) is 0 Å². The fraction of sp³-hybridized carbons (Fsp3) is 0.286. The molecule has 34 heavy (non-hydrogen) atoms. The highest BCUT2D eigenvalue weighted by atomic mass is 16.5. The van der Waals surface area contributed by atoms with E-state index in [4.69, 9.17) is 14.7 Å². The third-order valence-electron chi connectivity index (χ3n) is 5.49. The third-order valence-corrected chi connectivity index (χ3v) is 5.49. The zero-order valence-electron chi connectivity index (χ0n) is 20.2. The molecule has 4 rings (SSSR count). The zero-order valence-corrected chi connectivity index (χ0v) is 20.2. The first kappa shape index (κ1) is 23.7. The van der Waals surface area contributed by atoms with Crippen molar-refractivity contribution in [3.05, 3.63) is 90.3 Å². The molecule has 0 aliphatic rings. The molecule has 0 aliphatic heterocycles. The number of hydrogen-bond donors (Lipinski definition) is 1. The maximum Gasteiger partial charge on any atom is 0.145 e. The molecule has 0 unspecified atom stereocenters. The van der Waals surface area contributed by atoms with Gasteiger partial charge in [-0.15, -0.1) is 0 Å². The number of nitrogens with zero attached hydrogens (tertiary/aromatic N) is 4. The quantitative estimate of drug-likeness (QED) is 0.305. The predicted molar refractivity (Wildman–Crippen MR) is 139 cm³/mol. The molecule has 0 bridgehead atoms. The number of benzene rings is 3. The summed E-state index contributed by atoms with van der Waals surface area (Å²) >= 11 is 0. The lowest BCUT2D eigenvalue weighted by Gasteiger charge is -2.18. The van der Waals surface area contributed by atoms with Gasteiger partial charge in [0.2, 0.25) is 0 Å². The van der Waals surface area contributed by atoms with Gasteiger partial charge >= 0.3 is 0 Å². The molecular weight excluding hydrogens is 422 g/mol. The Morgan fingerprint density at radius 1 is 0.765 bits per heavy atom. The standard InChI is InChI=1S/C28H33N5O/c1-32(2)19-9-18-29-28-25-12-7-8-13-26(25)30-27(31-28)21-33(3)20-22-14-16-24(17-15-22)34-23-10-5-4-6-11-23/h4-8,10-17H,9,18-21H2,1-3H3,(H,29,30,31). The lowest BCUT2D eigenvalue weighted by atomic mass is 10.2. The zero-order chi connectivity index (χ0) is 23.8. The molecule has 6 heteroatoms. The van der Waals surface area contributed by atoms with Crippen molar-refractivity contribution in [3.63, 3.8) is 0 Å². The van der Waals surface area contributed by atoms with Crippen LogP contribution in [-0.4, -0.2) is 54.0 Å². The van der Waals surface area contributed by atoms with Gasteiger partial charge in [-0.05, 0) is 76.1 Å². The van der Waals surface area contributed by atoms with Crippen LogP contribution >= 0.6 is 0 Å². The summed E-state index contributed by atoms with van der Waals surface area (Å²) < 4.78 is 5.90. The van der Waals surface area contributed by atoms with Crippen LogP contribution in [0, 0.1) is 0 Å². The van der Waals surface area contributed by atoms with Crippen molar-refractivity contribution in [2.45, 2.75) is 19.5 Å². The van der Waals surface area contributed by atoms with Crippen LogP contribution in [0.2, 0.25) is 0 Å². The molecule has 3 aromatic carbocycles. The van der Waals surface area contributed by atoms with E-state index in [0.717, 1.165) is 60.1 Å². The van der Waals surface area contributed by atoms with Crippen molar-refractivity contribution in [1.82, 2.24) is 19.8 Å². The van der Waals surface area contributed by atoms with E-state index in [1.165, 1.54) is 5.56 Å². The molecule has 0 spiro atoms. The van der Waals surface area contributed by atoms with Gasteiger partial charge in [-0.3, -0.25) is 4.90 Å². The molecule has 176 valence electrons. The predicted octanol–water partition coefficient (Wildman–Crippen LogP) is 5.42. The first-order chi connectivity index (χ1) is 16.6. The smallest absolute Gasteiger partial charge is 0.145 e. The average molecular weight is 456 g/mol. The van der Waals surface area contributed by atoms with Crippen molar-refractivity contribution < 1.29 is 4.74 Å². The van der Waals surface area contributed by atoms with Gasteiger partial charge in [-0.1, -0.05) is 42.5 Å². The highest BCUT2D eigenvalue weighted by Gasteiger charge is 2.10. The maximum absolute atomic E-state index is 5.90. The van der Waals surface area contributed by atoms with E-state index in [-0.39, 0.29) is 0 Å². The van der Waals surface area contributed by atoms with Gasteiger partial charge in [0.1, 0.15) is 23.1 Å². The summed E-state index contributed by atoms with van der Waals surface area (Å²) in [7, 11) is 6.28. The molecule has 1 N–H and O–H groups in total. The summed E-state index contributed by atoms with van der Waals surface area (Å²) in [6, 6.07) is 26.3. The number of anilines is 1. The van der Waals surface area contributed by atoms with Crippen LogP contribution in [0.3, 0.4) is 0 Å². The summed E-state index contributed by atoms with van der Waals surface area (Å²) in [5.41, 5.74) is 2.18. The van der Waals surface area contributed by atoms with Crippen LogP contribution in [0.1, 0.15) is 17.8 Å². The third kappa shape index (κ3) is 6.76. The molecule has 1 aromatic heterocycles. The van der Waals surface area contributed by atoms with Gasteiger partial charge < -0.3 is 15.0 Å². The van der Waals surface area contributed by atoms with Crippen LogP contribution in [0.4, 0.5) is 5.82 Å². The van der Waals surface area contributed by atoms with E-state index in [0.29, 0.717) is 6.54 Å². The molecule has 0 aliphatic carbocycles. The summed E-state index contributed by atoms with van der Waals surface area (Å²) in [6.07, 6.45) is 1.06. The van der Waals surface area contributed by atoms with Gasteiger partial charge in [0, 0.05) is 18.5 Å². The Hall–Kier alpha value is -3.48. The van der Waals surface area contributed by atoms with Crippen LogP contribution in [-0.2, 0) is 13.1 Å². The molecule has 1 heterocycles. The first-order valence-electron chi connectivity index (χ1n) is 11.7. The SMILES string of the molecule is CN(C)CCCNc1nc(CN(C)Cc2ccc(Oc3ccccc3)cc2)nc2ccccc12. The summed E-state index contributed by atoms with van der Waals surface area (Å²) in [5.74, 6) is 3.41. The average Bonchev–Trinajstić information content (AvgIpc) is 2.83. The number of ether oxygens (including phenoxy) is 1. The summed E-state index contributed by atoms with van der Waals surface area (Å²) in [6.45, 7) is 3.39. The second-order valence-electron chi connectivity index (χ2n) is 8.82. The van der Waals surface area contributed by atoms with Crippen molar-refractivity contribution >= 4 is 16.7 Å². The van der Waals surface area contributed by atoms with Crippen LogP contribution in [0.15, 0.2) is 78.9 Å². The summed E-state index contributed by atoms with van der Waals surface area (Å²) in [4.78, 5) is 14.1. The van der Waals surface area contributed by atoms with Crippen molar-refractivity contribution in [3.8, 4) is 11.5 Å². The molecule has 4 aromatic rings. The van der Waals surface area contributed by atoms with Crippen LogP contribution in [0.5, 0.6) is 11.5 Å². The van der Waals surface area contributed by atoms with Gasteiger partial charge in [0.05, 0.1) is 12.1 Å².